The molecule has 2 unspecified atom stereocenters. The zero-order valence-electron chi connectivity index (χ0n) is 12.2. The van der Waals surface area contributed by atoms with Gasteiger partial charge in [-0.15, -0.1) is 12.4 Å². The number of sulfonamides is 1. The number of hydrogen-bond acceptors (Lipinski definition) is 3. The van der Waals surface area contributed by atoms with Gasteiger partial charge in [0, 0.05) is 13.1 Å². The summed E-state index contributed by atoms with van der Waals surface area (Å²) in [5, 5.41) is 3.23. The van der Waals surface area contributed by atoms with Crippen LogP contribution in [0.15, 0.2) is 29.2 Å². The van der Waals surface area contributed by atoms with Gasteiger partial charge in [0.1, 0.15) is 0 Å². The molecule has 2 aliphatic rings. The first-order valence-electron chi connectivity index (χ1n) is 7.16. The molecular weight excluding hydrogens is 353 g/mol. The lowest BCUT2D eigenvalue weighted by molar-refractivity contribution is -0.137. The van der Waals surface area contributed by atoms with Gasteiger partial charge in [-0.2, -0.15) is 17.5 Å². The van der Waals surface area contributed by atoms with Crippen LogP contribution < -0.4 is 5.32 Å². The molecule has 2 aliphatic heterocycles. The lowest BCUT2D eigenvalue weighted by atomic mass is 9.90. The number of rotatable bonds is 2. The number of halogens is 4. The van der Waals surface area contributed by atoms with Crippen molar-refractivity contribution in [2.24, 2.45) is 11.8 Å². The molecule has 0 spiro atoms. The third-order valence-corrected chi connectivity index (χ3v) is 6.33. The Morgan fingerprint density at radius 3 is 2.57 bits per heavy atom. The van der Waals surface area contributed by atoms with Crippen molar-refractivity contribution >= 4 is 22.4 Å². The summed E-state index contributed by atoms with van der Waals surface area (Å²) in [7, 11) is -3.88. The molecule has 23 heavy (non-hydrogen) atoms. The maximum Gasteiger partial charge on any atom is 0.416 e. The molecule has 0 radical (unpaired) electrons. The molecule has 0 amide bonds. The van der Waals surface area contributed by atoms with Crippen LogP contribution in [0.2, 0.25) is 0 Å². The minimum absolute atomic E-state index is 0. The minimum Gasteiger partial charge on any atom is -0.316 e. The molecule has 3 rings (SSSR count). The van der Waals surface area contributed by atoms with E-state index in [1.165, 1.54) is 10.4 Å². The van der Waals surface area contributed by atoms with Gasteiger partial charge in [0.05, 0.1) is 10.5 Å². The van der Waals surface area contributed by atoms with Crippen LogP contribution in [0.5, 0.6) is 0 Å². The topological polar surface area (TPSA) is 49.4 Å². The second-order valence-corrected chi connectivity index (χ2v) is 7.79. The second kappa shape index (κ2) is 6.58. The van der Waals surface area contributed by atoms with E-state index in [0.717, 1.165) is 31.6 Å². The summed E-state index contributed by atoms with van der Waals surface area (Å²) in [6.07, 6.45) is -3.80. The van der Waals surface area contributed by atoms with Crippen molar-refractivity contribution in [1.82, 2.24) is 9.62 Å². The van der Waals surface area contributed by atoms with Gasteiger partial charge in [-0.05, 0) is 49.5 Å². The summed E-state index contributed by atoms with van der Waals surface area (Å²) >= 11 is 0. The van der Waals surface area contributed by atoms with Gasteiger partial charge in [-0.3, -0.25) is 0 Å². The van der Waals surface area contributed by atoms with Gasteiger partial charge >= 0.3 is 6.18 Å². The number of fused-ring (bicyclic) bond motifs is 1. The minimum atomic E-state index is -4.55. The highest BCUT2D eigenvalue weighted by atomic mass is 35.5. The van der Waals surface area contributed by atoms with Gasteiger partial charge < -0.3 is 5.32 Å². The Bertz CT molecular complexity index is 666. The Labute approximate surface area is 139 Å². The molecule has 2 atom stereocenters. The van der Waals surface area contributed by atoms with Crippen molar-refractivity contribution in [2.75, 3.05) is 26.2 Å². The molecule has 1 aromatic carbocycles. The van der Waals surface area contributed by atoms with Crippen LogP contribution in [0.1, 0.15) is 12.0 Å². The predicted molar refractivity (Wildman–Crippen MR) is 81.9 cm³/mol. The van der Waals surface area contributed by atoms with E-state index in [2.05, 4.69) is 5.32 Å². The number of benzene rings is 1. The first kappa shape index (κ1) is 18.5. The zero-order chi connectivity index (χ0) is 16.0. The highest BCUT2D eigenvalue weighted by molar-refractivity contribution is 7.89. The van der Waals surface area contributed by atoms with Crippen LogP contribution in [0.3, 0.4) is 0 Å². The average molecular weight is 371 g/mol. The summed E-state index contributed by atoms with van der Waals surface area (Å²) < 4.78 is 64.8. The summed E-state index contributed by atoms with van der Waals surface area (Å²) in [6, 6.07) is 3.96. The Morgan fingerprint density at radius 2 is 1.87 bits per heavy atom. The number of nitrogens with one attached hydrogen (secondary N) is 1. The van der Waals surface area contributed by atoms with Gasteiger partial charge in [-0.25, -0.2) is 8.42 Å². The third-order valence-electron chi connectivity index (χ3n) is 4.47. The molecule has 2 fully saturated rings. The summed E-state index contributed by atoms with van der Waals surface area (Å²) in [4.78, 5) is -0.285. The van der Waals surface area contributed by atoms with E-state index >= 15 is 0 Å². The highest BCUT2D eigenvalue weighted by Crippen LogP contribution is 2.33. The van der Waals surface area contributed by atoms with Crippen molar-refractivity contribution < 1.29 is 21.6 Å². The largest absolute Gasteiger partial charge is 0.416 e. The first-order valence-corrected chi connectivity index (χ1v) is 8.60. The van der Waals surface area contributed by atoms with E-state index < -0.39 is 21.8 Å². The molecule has 9 heteroatoms. The van der Waals surface area contributed by atoms with Crippen molar-refractivity contribution in [1.29, 1.82) is 0 Å². The van der Waals surface area contributed by atoms with Crippen molar-refractivity contribution in [2.45, 2.75) is 17.5 Å². The maximum atomic E-state index is 12.8. The van der Waals surface area contributed by atoms with Crippen LogP contribution in [0.25, 0.3) is 0 Å². The molecule has 2 heterocycles. The number of nitrogens with zero attached hydrogens (tertiary/aromatic N) is 1. The van der Waals surface area contributed by atoms with Crippen LogP contribution in [0, 0.1) is 11.8 Å². The monoisotopic (exact) mass is 370 g/mol. The molecule has 2 saturated heterocycles. The van der Waals surface area contributed by atoms with Crippen LogP contribution in [-0.2, 0) is 16.2 Å². The fourth-order valence-electron chi connectivity index (χ4n) is 3.20. The second-order valence-electron chi connectivity index (χ2n) is 5.86. The lowest BCUT2D eigenvalue weighted by Crippen LogP contribution is -2.43. The van der Waals surface area contributed by atoms with Crippen LogP contribution in [0.4, 0.5) is 13.2 Å². The van der Waals surface area contributed by atoms with E-state index in [9.17, 15) is 21.6 Å². The van der Waals surface area contributed by atoms with Gasteiger partial charge in [-0.1, -0.05) is 6.07 Å². The Kier molecular flexibility index (Phi) is 5.30. The predicted octanol–water partition coefficient (Wildman–Crippen LogP) is 2.36. The number of alkyl halides is 3. The molecule has 4 nitrogen and oxygen atoms in total. The molecule has 0 aromatic heterocycles. The average Bonchev–Trinajstić information content (AvgIpc) is 2.94. The third kappa shape index (κ3) is 3.65. The molecule has 130 valence electrons. The van der Waals surface area contributed by atoms with Crippen molar-refractivity contribution in [3.63, 3.8) is 0 Å². The van der Waals surface area contributed by atoms with Crippen molar-refractivity contribution in [3.8, 4) is 0 Å². The van der Waals surface area contributed by atoms with Crippen LogP contribution in [-0.4, -0.2) is 38.9 Å². The molecule has 0 bridgehead atoms. The smallest absolute Gasteiger partial charge is 0.316 e. The van der Waals surface area contributed by atoms with Gasteiger partial charge in [0.25, 0.3) is 0 Å². The van der Waals surface area contributed by atoms with E-state index in [1.54, 1.807) is 0 Å². The normalized spacial score (nSPS) is 25.7. The number of hydrogen-bond donors (Lipinski definition) is 1. The Morgan fingerprint density at radius 1 is 1.17 bits per heavy atom. The SMILES string of the molecule is Cl.O=S(=O)(c1cccc(C(F)(F)F)c1)N1CCC2CNCC2C1. The van der Waals surface area contributed by atoms with E-state index in [1.807, 2.05) is 0 Å². The summed E-state index contributed by atoms with van der Waals surface area (Å²) in [6.45, 7) is 2.39. The van der Waals surface area contributed by atoms with Crippen LogP contribution >= 0.6 is 12.4 Å². The van der Waals surface area contributed by atoms with Gasteiger partial charge in [0.15, 0.2) is 0 Å². The molecule has 0 aliphatic carbocycles. The Hall–Kier alpha value is -0.830. The molecular formula is C14H18ClF3N2O2S. The molecule has 0 saturated carbocycles. The van der Waals surface area contributed by atoms with Crippen molar-refractivity contribution in [3.05, 3.63) is 29.8 Å². The standard InChI is InChI=1S/C14H17F3N2O2S.ClH/c15-14(16,17)12-2-1-3-13(6-12)22(20,21)19-5-4-10-7-18-8-11(10)9-19;/h1-3,6,10-11,18H,4-5,7-9H2;1H. The quantitative estimate of drug-likeness (QED) is 0.869. The maximum absolute atomic E-state index is 12.8. The Balaban J connectivity index is 0.00000192. The molecule has 1 N–H and O–H groups in total. The fourth-order valence-corrected chi connectivity index (χ4v) is 4.76. The lowest BCUT2D eigenvalue weighted by Gasteiger charge is -2.33. The fraction of sp³-hybridized carbons (Fsp3) is 0.571. The summed E-state index contributed by atoms with van der Waals surface area (Å²) in [5.74, 6) is 0.710. The van der Waals surface area contributed by atoms with E-state index in [4.69, 9.17) is 0 Å². The zero-order valence-corrected chi connectivity index (χ0v) is 13.8. The number of piperidine rings is 1. The van der Waals surface area contributed by atoms with E-state index in [0.29, 0.717) is 25.1 Å². The van der Waals surface area contributed by atoms with E-state index in [-0.39, 0.29) is 23.2 Å². The summed E-state index contributed by atoms with van der Waals surface area (Å²) in [5.41, 5.74) is -0.939. The first-order chi connectivity index (χ1) is 10.3. The van der Waals surface area contributed by atoms with Gasteiger partial charge in [0.2, 0.25) is 10.0 Å². The molecule has 1 aromatic rings. The highest BCUT2D eigenvalue weighted by Gasteiger charge is 2.38.